The average Bonchev–Trinajstić information content (AvgIpc) is 2.85. The summed E-state index contributed by atoms with van der Waals surface area (Å²) in [5.41, 5.74) is 0.936. The number of hydrogen-bond acceptors (Lipinski definition) is 3. The summed E-state index contributed by atoms with van der Waals surface area (Å²) < 4.78 is 0. The van der Waals surface area contributed by atoms with Gasteiger partial charge in [-0.2, -0.15) is 0 Å². The predicted octanol–water partition coefficient (Wildman–Crippen LogP) is 1.15. The molecule has 0 aromatic heterocycles. The fourth-order valence-corrected chi connectivity index (χ4v) is 2.81. The number of imide groups is 1. The minimum Gasteiger partial charge on any atom is -0.300 e. The number of Topliss-reactive ketones (excluding diaryl/α,β-unsaturated/α-hetero) is 1. The van der Waals surface area contributed by atoms with Gasteiger partial charge in [0.05, 0.1) is 18.4 Å². The number of amides is 2. The second kappa shape index (κ2) is 4.05. The van der Waals surface area contributed by atoms with E-state index in [4.69, 9.17) is 0 Å². The summed E-state index contributed by atoms with van der Waals surface area (Å²) in [6.45, 7) is 0.319. The number of benzene rings is 1. The van der Waals surface area contributed by atoms with Crippen molar-refractivity contribution in [1.29, 1.82) is 0 Å². The summed E-state index contributed by atoms with van der Waals surface area (Å²) in [5, 5.41) is 0. The second-order valence-electron chi connectivity index (χ2n) is 4.91. The molecule has 1 aliphatic carbocycles. The zero-order valence-electron chi connectivity index (χ0n) is 9.83. The summed E-state index contributed by atoms with van der Waals surface area (Å²) in [4.78, 5) is 36.8. The van der Waals surface area contributed by atoms with Crippen LogP contribution in [0.4, 0.5) is 0 Å². The number of fused-ring (bicyclic) bond motifs is 1. The Labute approximate surface area is 105 Å². The topological polar surface area (TPSA) is 54.5 Å². The van der Waals surface area contributed by atoms with Crippen molar-refractivity contribution in [3.8, 4) is 0 Å². The van der Waals surface area contributed by atoms with Gasteiger partial charge in [-0.25, -0.2) is 0 Å². The Morgan fingerprint density at radius 3 is 2.06 bits per heavy atom. The van der Waals surface area contributed by atoms with Crippen molar-refractivity contribution in [3.05, 3.63) is 35.9 Å². The highest BCUT2D eigenvalue weighted by molar-refractivity contribution is 6.10. The van der Waals surface area contributed by atoms with E-state index in [1.54, 1.807) is 0 Å². The molecule has 1 saturated carbocycles. The van der Waals surface area contributed by atoms with Crippen LogP contribution >= 0.6 is 0 Å². The Hall–Kier alpha value is -1.97. The highest BCUT2D eigenvalue weighted by atomic mass is 16.2. The molecule has 0 radical (unpaired) electrons. The fraction of sp³-hybridized carbons (Fsp3) is 0.357. The van der Waals surface area contributed by atoms with Crippen molar-refractivity contribution >= 4 is 17.6 Å². The van der Waals surface area contributed by atoms with E-state index in [1.807, 2.05) is 30.3 Å². The van der Waals surface area contributed by atoms with E-state index in [2.05, 4.69) is 0 Å². The van der Waals surface area contributed by atoms with Crippen LogP contribution in [0.15, 0.2) is 30.3 Å². The minimum atomic E-state index is -0.395. The lowest BCUT2D eigenvalue weighted by Crippen LogP contribution is -2.31. The van der Waals surface area contributed by atoms with Crippen LogP contribution in [-0.2, 0) is 20.9 Å². The van der Waals surface area contributed by atoms with Crippen LogP contribution in [0.2, 0.25) is 0 Å². The van der Waals surface area contributed by atoms with Crippen molar-refractivity contribution < 1.29 is 14.4 Å². The molecule has 2 aliphatic rings. The Balaban J connectivity index is 1.81. The van der Waals surface area contributed by atoms with Gasteiger partial charge in [-0.1, -0.05) is 30.3 Å². The Morgan fingerprint density at radius 1 is 0.944 bits per heavy atom. The Bertz CT molecular complexity index is 497. The number of nitrogens with zero attached hydrogens (tertiary/aromatic N) is 1. The van der Waals surface area contributed by atoms with Crippen LogP contribution in [0.25, 0.3) is 0 Å². The largest absolute Gasteiger partial charge is 0.300 e. The van der Waals surface area contributed by atoms with E-state index >= 15 is 0 Å². The Kier molecular flexibility index (Phi) is 2.51. The molecule has 0 spiro atoms. The molecule has 4 heteroatoms. The summed E-state index contributed by atoms with van der Waals surface area (Å²) in [6.07, 6.45) is 0.473. The lowest BCUT2D eigenvalue weighted by atomic mass is 10.00. The molecule has 0 N–H and O–H groups in total. The van der Waals surface area contributed by atoms with Gasteiger partial charge in [0, 0.05) is 12.8 Å². The maximum absolute atomic E-state index is 12.1. The van der Waals surface area contributed by atoms with Gasteiger partial charge < -0.3 is 0 Å². The second-order valence-corrected chi connectivity index (χ2v) is 4.91. The number of likely N-dealkylation sites (tertiary alicyclic amines) is 1. The zero-order chi connectivity index (χ0) is 12.7. The molecule has 2 atom stereocenters. The number of ketones is 1. The molecule has 18 heavy (non-hydrogen) atoms. The third-order valence-electron chi connectivity index (χ3n) is 3.73. The lowest BCUT2D eigenvalue weighted by molar-refractivity contribution is -0.142. The van der Waals surface area contributed by atoms with Crippen molar-refractivity contribution in [2.24, 2.45) is 11.8 Å². The molecule has 4 nitrogen and oxygen atoms in total. The quantitative estimate of drug-likeness (QED) is 0.732. The molecule has 92 valence electrons. The molecule has 1 saturated heterocycles. The molecule has 3 rings (SSSR count). The van der Waals surface area contributed by atoms with Gasteiger partial charge in [0.1, 0.15) is 5.78 Å². The van der Waals surface area contributed by atoms with E-state index in [1.165, 1.54) is 4.90 Å². The summed E-state index contributed by atoms with van der Waals surface area (Å²) in [6, 6.07) is 9.43. The van der Waals surface area contributed by atoms with E-state index < -0.39 is 11.8 Å². The zero-order valence-corrected chi connectivity index (χ0v) is 9.83. The van der Waals surface area contributed by atoms with Crippen LogP contribution in [-0.4, -0.2) is 22.5 Å². The maximum atomic E-state index is 12.1. The number of carbonyl (C=O) groups excluding carboxylic acids is 3. The van der Waals surface area contributed by atoms with Gasteiger partial charge in [0.2, 0.25) is 11.8 Å². The average molecular weight is 243 g/mol. The van der Waals surface area contributed by atoms with Crippen molar-refractivity contribution in [2.75, 3.05) is 0 Å². The van der Waals surface area contributed by atoms with Crippen molar-refractivity contribution in [1.82, 2.24) is 4.90 Å². The fourth-order valence-electron chi connectivity index (χ4n) is 2.81. The van der Waals surface area contributed by atoms with Crippen LogP contribution in [0, 0.1) is 11.8 Å². The first-order valence-electron chi connectivity index (χ1n) is 6.07. The highest BCUT2D eigenvalue weighted by Gasteiger charge is 2.52. The van der Waals surface area contributed by atoms with E-state index in [0.29, 0.717) is 6.54 Å². The van der Waals surface area contributed by atoms with Crippen LogP contribution in [0.3, 0.4) is 0 Å². The minimum absolute atomic E-state index is 0.0334. The smallest absolute Gasteiger partial charge is 0.233 e. The van der Waals surface area contributed by atoms with E-state index in [0.717, 1.165) is 5.56 Å². The van der Waals surface area contributed by atoms with Gasteiger partial charge in [0.25, 0.3) is 0 Å². The SMILES string of the molecule is O=C1C[C@@H]2C(=O)N(Cc3ccccc3)C(=O)[C@@H]2C1. The predicted molar refractivity (Wildman–Crippen MR) is 63.2 cm³/mol. The molecular formula is C14H13NO3. The molecule has 1 aromatic carbocycles. The molecular weight excluding hydrogens is 230 g/mol. The van der Waals surface area contributed by atoms with Crippen LogP contribution < -0.4 is 0 Å². The van der Waals surface area contributed by atoms with Crippen LogP contribution in [0.1, 0.15) is 18.4 Å². The van der Waals surface area contributed by atoms with Crippen LogP contribution in [0.5, 0.6) is 0 Å². The first kappa shape index (κ1) is 11.1. The molecule has 0 unspecified atom stereocenters. The van der Waals surface area contributed by atoms with Gasteiger partial charge >= 0.3 is 0 Å². The van der Waals surface area contributed by atoms with Crippen molar-refractivity contribution in [3.63, 3.8) is 0 Å². The number of rotatable bonds is 2. The van der Waals surface area contributed by atoms with Gasteiger partial charge in [0.15, 0.2) is 0 Å². The first-order valence-corrected chi connectivity index (χ1v) is 6.07. The monoisotopic (exact) mass is 243 g/mol. The first-order chi connectivity index (χ1) is 8.66. The third-order valence-corrected chi connectivity index (χ3v) is 3.73. The summed E-state index contributed by atoms with van der Waals surface area (Å²) in [5.74, 6) is -1.12. The Morgan fingerprint density at radius 2 is 1.50 bits per heavy atom. The standard InChI is InChI=1S/C14H13NO3/c16-10-6-11-12(7-10)14(18)15(13(11)17)8-9-4-2-1-3-5-9/h1-5,11-12H,6-8H2/t11-,12+. The molecule has 2 fully saturated rings. The van der Waals surface area contributed by atoms with E-state index in [9.17, 15) is 14.4 Å². The summed E-state index contributed by atoms with van der Waals surface area (Å²) >= 11 is 0. The van der Waals surface area contributed by atoms with E-state index in [-0.39, 0.29) is 30.4 Å². The normalized spacial score (nSPS) is 26.9. The molecule has 2 amide bonds. The van der Waals surface area contributed by atoms with Crippen molar-refractivity contribution in [2.45, 2.75) is 19.4 Å². The van der Waals surface area contributed by atoms with Gasteiger partial charge in [-0.05, 0) is 5.56 Å². The molecule has 1 heterocycles. The summed E-state index contributed by atoms with van der Waals surface area (Å²) in [7, 11) is 0. The molecule has 0 bridgehead atoms. The third kappa shape index (κ3) is 1.65. The lowest BCUT2D eigenvalue weighted by Gasteiger charge is -2.15. The van der Waals surface area contributed by atoms with Gasteiger partial charge in [-0.15, -0.1) is 0 Å². The number of hydrogen-bond donors (Lipinski definition) is 0. The molecule has 1 aliphatic heterocycles. The van der Waals surface area contributed by atoms with Gasteiger partial charge in [-0.3, -0.25) is 19.3 Å². The molecule has 1 aromatic rings. The maximum Gasteiger partial charge on any atom is 0.233 e. The number of carbonyl (C=O) groups is 3. The highest BCUT2D eigenvalue weighted by Crippen LogP contribution is 2.38.